The molecule has 3 aromatic rings. The van der Waals surface area contributed by atoms with E-state index < -0.39 is 10.8 Å². The summed E-state index contributed by atoms with van der Waals surface area (Å²) in [7, 11) is -1.35. The Balaban J connectivity index is 1.75. The number of morpholine rings is 1. The highest BCUT2D eigenvalue weighted by Crippen LogP contribution is 2.37. The Bertz CT molecular complexity index is 897. The van der Waals surface area contributed by atoms with Crippen molar-refractivity contribution in [1.82, 2.24) is 0 Å². The van der Waals surface area contributed by atoms with Crippen molar-refractivity contribution in [2.24, 2.45) is 0 Å². The van der Waals surface area contributed by atoms with Crippen molar-refractivity contribution in [3.05, 3.63) is 66.2 Å². The van der Waals surface area contributed by atoms with Gasteiger partial charge in [0.2, 0.25) is 5.88 Å². The largest absolute Gasteiger partial charge is 0.431 e. The highest BCUT2D eigenvalue weighted by atomic mass is 32.2. The average molecular weight is 367 g/mol. The van der Waals surface area contributed by atoms with E-state index in [1.165, 1.54) is 0 Å². The molecular weight excluding hydrogens is 346 g/mol. The summed E-state index contributed by atoms with van der Waals surface area (Å²) in [5.41, 5.74) is 3.18. The van der Waals surface area contributed by atoms with E-state index in [1.807, 2.05) is 67.6 Å². The van der Waals surface area contributed by atoms with Gasteiger partial charge in [-0.1, -0.05) is 48.0 Å². The zero-order valence-corrected chi connectivity index (χ0v) is 15.5. The van der Waals surface area contributed by atoms with Crippen LogP contribution in [0, 0.1) is 6.92 Å². The molecule has 0 aliphatic carbocycles. The van der Waals surface area contributed by atoms with E-state index in [1.54, 1.807) is 0 Å². The van der Waals surface area contributed by atoms with Gasteiger partial charge >= 0.3 is 0 Å². The molecule has 1 fully saturated rings. The first-order valence-electron chi connectivity index (χ1n) is 8.73. The number of benzene rings is 2. The van der Waals surface area contributed by atoms with Gasteiger partial charge in [0.05, 0.1) is 13.2 Å². The van der Waals surface area contributed by atoms with Gasteiger partial charge in [-0.25, -0.2) is 4.21 Å². The van der Waals surface area contributed by atoms with Crippen LogP contribution in [0.4, 0.5) is 5.88 Å². The first-order chi connectivity index (χ1) is 12.7. The van der Waals surface area contributed by atoms with E-state index in [2.05, 4.69) is 4.90 Å². The van der Waals surface area contributed by atoms with Crippen molar-refractivity contribution in [3.8, 4) is 11.1 Å². The molecule has 2 heterocycles. The van der Waals surface area contributed by atoms with Gasteiger partial charge in [-0.15, -0.1) is 0 Å². The molecule has 0 spiro atoms. The number of nitrogens with zero attached hydrogens (tertiary/aromatic N) is 1. The number of rotatable bonds is 4. The van der Waals surface area contributed by atoms with Crippen LogP contribution in [0.2, 0.25) is 0 Å². The Hall–Kier alpha value is -2.37. The summed E-state index contributed by atoms with van der Waals surface area (Å²) in [5.74, 6) is 0.773. The molecule has 0 bridgehead atoms. The predicted octanol–water partition coefficient (Wildman–Crippen LogP) is 4.26. The molecule has 5 heteroatoms. The van der Waals surface area contributed by atoms with Crippen LogP contribution in [-0.4, -0.2) is 30.5 Å². The fraction of sp³-hybridized carbons (Fsp3) is 0.238. The van der Waals surface area contributed by atoms with E-state index in [9.17, 15) is 4.21 Å². The first-order valence-corrected chi connectivity index (χ1v) is 9.88. The molecular formula is C21H21NO3S. The van der Waals surface area contributed by atoms with Crippen LogP contribution >= 0.6 is 0 Å². The van der Waals surface area contributed by atoms with Crippen LogP contribution in [0.25, 0.3) is 11.1 Å². The van der Waals surface area contributed by atoms with Gasteiger partial charge in [-0.2, -0.15) is 0 Å². The third-order valence-corrected chi connectivity index (χ3v) is 5.76. The molecule has 1 atom stereocenters. The maximum Gasteiger partial charge on any atom is 0.205 e. The quantitative estimate of drug-likeness (QED) is 0.691. The fourth-order valence-electron chi connectivity index (χ4n) is 3.05. The zero-order valence-electron chi connectivity index (χ0n) is 14.7. The van der Waals surface area contributed by atoms with Crippen molar-refractivity contribution in [1.29, 1.82) is 0 Å². The van der Waals surface area contributed by atoms with Gasteiger partial charge < -0.3 is 14.1 Å². The summed E-state index contributed by atoms with van der Waals surface area (Å²) < 4.78 is 24.6. The van der Waals surface area contributed by atoms with Gasteiger partial charge in [-0.05, 0) is 24.6 Å². The Kier molecular flexibility index (Phi) is 4.91. The normalized spacial score (nSPS) is 15.8. The van der Waals surface area contributed by atoms with Gasteiger partial charge in [0.1, 0.15) is 10.8 Å². The van der Waals surface area contributed by atoms with Gasteiger partial charge in [0.25, 0.3) is 0 Å². The lowest BCUT2D eigenvalue weighted by Gasteiger charge is -2.27. The minimum atomic E-state index is -1.35. The van der Waals surface area contributed by atoms with E-state index in [0.29, 0.717) is 18.3 Å². The zero-order chi connectivity index (χ0) is 17.9. The van der Waals surface area contributed by atoms with Crippen molar-refractivity contribution >= 4 is 16.7 Å². The third kappa shape index (κ3) is 3.45. The van der Waals surface area contributed by atoms with E-state index in [4.69, 9.17) is 9.15 Å². The number of ether oxygens (including phenoxy) is 1. The van der Waals surface area contributed by atoms with E-state index in [-0.39, 0.29) is 0 Å². The molecule has 4 nitrogen and oxygen atoms in total. The molecule has 1 unspecified atom stereocenters. The second kappa shape index (κ2) is 7.48. The minimum Gasteiger partial charge on any atom is -0.431 e. The second-order valence-electron chi connectivity index (χ2n) is 6.33. The maximum absolute atomic E-state index is 13.0. The monoisotopic (exact) mass is 367 g/mol. The van der Waals surface area contributed by atoms with Gasteiger partial charge in [0.15, 0.2) is 5.09 Å². The third-order valence-electron chi connectivity index (χ3n) is 4.49. The van der Waals surface area contributed by atoms with Crippen LogP contribution < -0.4 is 4.90 Å². The fourth-order valence-corrected chi connectivity index (χ4v) is 4.05. The van der Waals surface area contributed by atoms with Crippen molar-refractivity contribution in [2.75, 3.05) is 31.2 Å². The molecule has 1 saturated heterocycles. The van der Waals surface area contributed by atoms with E-state index in [0.717, 1.165) is 40.6 Å². The summed E-state index contributed by atoms with van der Waals surface area (Å²) >= 11 is 0. The topological polar surface area (TPSA) is 42.7 Å². The summed E-state index contributed by atoms with van der Waals surface area (Å²) in [6.07, 6.45) is 0. The number of anilines is 1. The standard InChI is InChI=1S/C21H21NO3S/c1-16-7-9-18(10-8-16)26(23)20-15-19(17-5-3-2-4-6-17)21(25-20)22-11-13-24-14-12-22/h2-10,15H,11-14H2,1H3. The van der Waals surface area contributed by atoms with E-state index >= 15 is 0 Å². The molecule has 0 amide bonds. The Morgan fingerprint density at radius 1 is 0.962 bits per heavy atom. The summed E-state index contributed by atoms with van der Waals surface area (Å²) in [6, 6.07) is 19.7. The van der Waals surface area contributed by atoms with Gasteiger partial charge in [0, 0.05) is 29.6 Å². The molecule has 1 aliphatic rings. The Labute approximate surface area is 155 Å². The average Bonchev–Trinajstić information content (AvgIpc) is 3.15. The number of aryl methyl sites for hydroxylation is 1. The van der Waals surface area contributed by atoms with Crippen LogP contribution in [0.15, 0.2) is 75.1 Å². The number of furan rings is 1. The minimum absolute atomic E-state index is 0.481. The van der Waals surface area contributed by atoms with Crippen molar-refractivity contribution in [2.45, 2.75) is 16.9 Å². The number of hydrogen-bond acceptors (Lipinski definition) is 4. The summed E-state index contributed by atoms with van der Waals surface area (Å²) in [4.78, 5) is 2.92. The van der Waals surface area contributed by atoms with Crippen molar-refractivity contribution in [3.63, 3.8) is 0 Å². The SMILES string of the molecule is Cc1ccc(S(=O)c2cc(-c3ccccc3)c(N3CCOCC3)o2)cc1. The Morgan fingerprint density at radius 3 is 2.35 bits per heavy atom. The van der Waals surface area contributed by atoms with Crippen molar-refractivity contribution < 1.29 is 13.4 Å². The predicted molar refractivity (Wildman–Crippen MR) is 103 cm³/mol. The molecule has 4 rings (SSSR count). The molecule has 0 N–H and O–H groups in total. The maximum atomic E-state index is 13.0. The lowest BCUT2D eigenvalue weighted by Crippen LogP contribution is -2.36. The summed E-state index contributed by atoms with van der Waals surface area (Å²) in [5, 5.41) is 0.481. The van der Waals surface area contributed by atoms with Crippen LogP contribution in [0.3, 0.4) is 0 Å². The molecule has 0 radical (unpaired) electrons. The highest BCUT2D eigenvalue weighted by molar-refractivity contribution is 7.85. The Morgan fingerprint density at radius 2 is 1.65 bits per heavy atom. The molecule has 2 aromatic carbocycles. The molecule has 134 valence electrons. The first kappa shape index (κ1) is 17.1. The lowest BCUT2D eigenvalue weighted by atomic mass is 10.1. The molecule has 26 heavy (non-hydrogen) atoms. The number of hydrogen-bond donors (Lipinski definition) is 0. The molecule has 1 aromatic heterocycles. The second-order valence-corrected chi connectivity index (χ2v) is 7.74. The molecule has 0 saturated carbocycles. The van der Waals surface area contributed by atoms with Crippen LogP contribution in [0.1, 0.15) is 5.56 Å². The lowest BCUT2D eigenvalue weighted by molar-refractivity contribution is 0.120. The summed E-state index contributed by atoms with van der Waals surface area (Å²) in [6.45, 7) is 4.90. The van der Waals surface area contributed by atoms with Crippen LogP contribution in [0.5, 0.6) is 0 Å². The smallest absolute Gasteiger partial charge is 0.205 e. The highest BCUT2D eigenvalue weighted by Gasteiger charge is 2.23. The molecule has 1 aliphatic heterocycles. The van der Waals surface area contributed by atoms with Crippen LogP contribution in [-0.2, 0) is 15.5 Å². The van der Waals surface area contributed by atoms with Gasteiger partial charge in [-0.3, -0.25) is 0 Å².